The Labute approximate surface area is 151 Å². The van der Waals surface area contributed by atoms with Gasteiger partial charge in [0.15, 0.2) is 4.34 Å². The molecule has 0 atom stereocenters. The van der Waals surface area contributed by atoms with Gasteiger partial charge in [-0.05, 0) is 43.9 Å². The molecule has 0 unspecified atom stereocenters. The maximum Gasteiger partial charge on any atom is 0.230 e. The number of amides is 1. The Kier molecular flexibility index (Phi) is 6.37. The number of carbonyl (C=O) groups is 1. The maximum absolute atomic E-state index is 12.0. The molecule has 1 saturated carbocycles. The third-order valence-electron chi connectivity index (χ3n) is 4.29. The number of benzene rings is 1. The van der Waals surface area contributed by atoms with Gasteiger partial charge in [0.2, 0.25) is 5.91 Å². The number of fused-ring (bicyclic) bond motifs is 1. The van der Waals surface area contributed by atoms with Crippen LogP contribution in [0.4, 0.5) is 0 Å². The first-order valence-electron chi connectivity index (χ1n) is 8.67. The number of carbonyl (C=O) groups excluding carboxylic acids is 1. The Morgan fingerprint density at radius 1 is 1.38 bits per heavy atom. The van der Waals surface area contributed by atoms with Crippen LogP contribution in [0.15, 0.2) is 22.5 Å². The molecule has 3 rings (SSSR count). The monoisotopic (exact) mass is 364 g/mol. The largest absolute Gasteiger partial charge is 0.494 e. The van der Waals surface area contributed by atoms with Gasteiger partial charge in [0.25, 0.3) is 0 Å². The topological polar surface area (TPSA) is 51.2 Å². The van der Waals surface area contributed by atoms with E-state index in [2.05, 4.69) is 10.3 Å². The number of nitrogens with zero attached hydrogens (tertiary/aromatic N) is 1. The van der Waals surface area contributed by atoms with Gasteiger partial charge >= 0.3 is 0 Å². The van der Waals surface area contributed by atoms with Crippen molar-refractivity contribution in [2.45, 2.75) is 43.4 Å². The van der Waals surface area contributed by atoms with Crippen LogP contribution in [0.5, 0.6) is 5.75 Å². The molecule has 1 amide bonds. The number of thiazole rings is 1. The first-order valence-corrected chi connectivity index (χ1v) is 10.5. The highest BCUT2D eigenvalue weighted by atomic mass is 32.2. The van der Waals surface area contributed by atoms with Gasteiger partial charge in [0, 0.05) is 6.54 Å². The normalized spacial score (nSPS) is 15.5. The minimum atomic E-state index is 0.111. The van der Waals surface area contributed by atoms with Gasteiger partial charge in [-0.3, -0.25) is 4.79 Å². The van der Waals surface area contributed by atoms with Crippen molar-refractivity contribution in [2.75, 3.05) is 18.9 Å². The molecule has 1 aliphatic carbocycles. The number of rotatable bonds is 7. The Morgan fingerprint density at radius 3 is 3.00 bits per heavy atom. The molecule has 1 aliphatic rings. The van der Waals surface area contributed by atoms with E-state index in [1.165, 1.54) is 43.9 Å². The minimum absolute atomic E-state index is 0.111. The van der Waals surface area contributed by atoms with E-state index in [-0.39, 0.29) is 5.91 Å². The SMILES string of the molecule is CCOc1ccc2nc(SCC(=O)NCC3CCCCC3)sc2c1. The molecule has 6 heteroatoms. The molecular formula is C18H24N2O2S2. The summed E-state index contributed by atoms with van der Waals surface area (Å²) >= 11 is 3.13. The van der Waals surface area contributed by atoms with Crippen LogP contribution in [0.25, 0.3) is 10.2 Å². The maximum atomic E-state index is 12.0. The van der Waals surface area contributed by atoms with Crippen LogP contribution < -0.4 is 10.1 Å². The lowest BCUT2D eigenvalue weighted by atomic mass is 9.89. The highest BCUT2D eigenvalue weighted by molar-refractivity contribution is 8.01. The summed E-state index contributed by atoms with van der Waals surface area (Å²) in [6, 6.07) is 5.94. The van der Waals surface area contributed by atoms with Crippen molar-refractivity contribution in [3.63, 3.8) is 0 Å². The van der Waals surface area contributed by atoms with Crippen molar-refractivity contribution in [3.05, 3.63) is 18.2 Å². The van der Waals surface area contributed by atoms with E-state index >= 15 is 0 Å². The number of thioether (sulfide) groups is 1. The summed E-state index contributed by atoms with van der Waals surface area (Å²) in [6.07, 6.45) is 6.49. The van der Waals surface area contributed by atoms with Crippen molar-refractivity contribution < 1.29 is 9.53 Å². The molecule has 1 N–H and O–H groups in total. The third kappa shape index (κ3) is 4.86. The van der Waals surface area contributed by atoms with Crippen LogP contribution in [0, 0.1) is 5.92 Å². The zero-order valence-electron chi connectivity index (χ0n) is 14.0. The molecule has 0 saturated heterocycles. The van der Waals surface area contributed by atoms with E-state index < -0.39 is 0 Å². The zero-order chi connectivity index (χ0) is 16.8. The van der Waals surface area contributed by atoms with Gasteiger partial charge in [-0.15, -0.1) is 11.3 Å². The van der Waals surface area contributed by atoms with E-state index in [1.54, 1.807) is 11.3 Å². The highest BCUT2D eigenvalue weighted by Gasteiger charge is 2.14. The Morgan fingerprint density at radius 2 is 2.21 bits per heavy atom. The second-order valence-corrected chi connectivity index (χ2v) is 8.39. The molecule has 4 nitrogen and oxygen atoms in total. The van der Waals surface area contributed by atoms with Crippen LogP contribution in [0.3, 0.4) is 0 Å². The molecule has 0 spiro atoms. The van der Waals surface area contributed by atoms with Crippen molar-refractivity contribution in [3.8, 4) is 5.75 Å². The Bertz CT molecular complexity index is 681. The fraction of sp³-hybridized carbons (Fsp3) is 0.556. The molecule has 1 heterocycles. The lowest BCUT2D eigenvalue weighted by molar-refractivity contribution is -0.118. The van der Waals surface area contributed by atoms with Gasteiger partial charge in [0.05, 0.1) is 22.6 Å². The van der Waals surface area contributed by atoms with Gasteiger partial charge in [0.1, 0.15) is 5.75 Å². The number of aromatic nitrogens is 1. The summed E-state index contributed by atoms with van der Waals surface area (Å²) in [4.78, 5) is 16.6. The molecule has 0 aliphatic heterocycles. The van der Waals surface area contributed by atoms with Crippen molar-refractivity contribution in [1.82, 2.24) is 10.3 Å². The minimum Gasteiger partial charge on any atom is -0.494 e. The first-order chi connectivity index (χ1) is 11.7. The number of nitrogens with one attached hydrogen (secondary N) is 1. The quantitative estimate of drug-likeness (QED) is 0.736. The molecule has 24 heavy (non-hydrogen) atoms. The Balaban J connectivity index is 1.48. The van der Waals surface area contributed by atoms with Crippen LogP contribution in [0.1, 0.15) is 39.0 Å². The van der Waals surface area contributed by atoms with Crippen LogP contribution in [-0.4, -0.2) is 29.8 Å². The molecule has 130 valence electrons. The van der Waals surface area contributed by atoms with Crippen molar-refractivity contribution >= 4 is 39.2 Å². The van der Waals surface area contributed by atoms with Crippen molar-refractivity contribution in [2.24, 2.45) is 5.92 Å². The summed E-state index contributed by atoms with van der Waals surface area (Å²) in [7, 11) is 0. The fourth-order valence-corrected chi connectivity index (χ4v) is 4.96. The summed E-state index contributed by atoms with van der Waals surface area (Å²) in [5, 5.41) is 3.08. The Hall–Kier alpha value is -1.27. The van der Waals surface area contributed by atoms with Gasteiger partial charge in [-0.2, -0.15) is 0 Å². The van der Waals surface area contributed by atoms with Crippen molar-refractivity contribution in [1.29, 1.82) is 0 Å². The zero-order valence-corrected chi connectivity index (χ0v) is 15.7. The lowest BCUT2D eigenvalue weighted by Crippen LogP contribution is -2.31. The average molecular weight is 365 g/mol. The number of hydrogen-bond acceptors (Lipinski definition) is 5. The second kappa shape index (κ2) is 8.72. The number of hydrogen-bond donors (Lipinski definition) is 1. The van der Waals surface area contributed by atoms with Crippen LogP contribution in [-0.2, 0) is 4.79 Å². The third-order valence-corrected chi connectivity index (χ3v) is 6.45. The lowest BCUT2D eigenvalue weighted by Gasteiger charge is -2.21. The van der Waals surface area contributed by atoms with E-state index in [9.17, 15) is 4.79 Å². The first kappa shape index (κ1) is 17.5. The molecule has 0 bridgehead atoms. The predicted molar refractivity (Wildman–Crippen MR) is 101 cm³/mol. The molecular weight excluding hydrogens is 340 g/mol. The molecule has 0 radical (unpaired) electrons. The standard InChI is InChI=1S/C18H24N2O2S2/c1-2-22-14-8-9-15-16(10-14)24-18(20-15)23-12-17(21)19-11-13-6-4-3-5-7-13/h8-10,13H,2-7,11-12H2,1H3,(H,19,21). The number of ether oxygens (including phenoxy) is 1. The average Bonchev–Trinajstić information content (AvgIpc) is 3.01. The molecule has 2 aromatic rings. The van der Waals surface area contributed by atoms with Gasteiger partial charge in [-0.25, -0.2) is 4.98 Å². The highest BCUT2D eigenvalue weighted by Crippen LogP contribution is 2.31. The van der Waals surface area contributed by atoms with E-state index in [1.807, 2.05) is 25.1 Å². The predicted octanol–water partition coefficient (Wildman–Crippen LogP) is 4.48. The molecule has 1 fully saturated rings. The van der Waals surface area contributed by atoms with Gasteiger partial charge < -0.3 is 10.1 Å². The van der Waals surface area contributed by atoms with Crippen LogP contribution in [0.2, 0.25) is 0 Å². The van der Waals surface area contributed by atoms with Crippen LogP contribution >= 0.6 is 23.1 Å². The van der Waals surface area contributed by atoms with E-state index in [0.717, 1.165) is 26.9 Å². The van der Waals surface area contributed by atoms with Gasteiger partial charge in [-0.1, -0.05) is 31.0 Å². The summed E-state index contributed by atoms with van der Waals surface area (Å²) in [5.41, 5.74) is 0.966. The fourth-order valence-electron chi connectivity index (χ4n) is 3.03. The van der Waals surface area contributed by atoms with E-state index in [0.29, 0.717) is 18.3 Å². The molecule has 1 aromatic heterocycles. The smallest absolute Gasteiger partial charge is 0.230 e. The summed E-state index contributed by atoms with van der Waals surface area (Å²) < 4.78 is 7.56. The summed E-state index contributed by atoms with van der Waals surface area (Å²) in [5.74, 6) is 2.09. The summed E-state index contributed by atoms with van der Waals surface area (Å²) in [6.45, 7) is 3.47. The van der Waals surface area contributed by atoms with E-state index in [4.69, 9.17) is 4.74 Å². The second-order valence-electron chi connectivity index (χ2n) is 6.14. The molecule has 1 aromatic carbocycles.